The van der Waals surface area contributed by atoms with Crippen LogP contribution in [0.3, 0.4) is 0 Å². The summed E-state index contributed by atoms with van der Waals surface area (Å²) < 4.78 is 10.5. The highest BCUT2D eigenvalue weighted by atomic mass is 16.5. The van der Waals surface area contributed by atoms with Gasteiger partial charge in [-0.25, -0.2) is 0 Å². The number of hydrogen-bond acceptors (Lipinski definition) is 4. The molecule has 2 rings (SSSR count). The Hall–Kier alpha value is -1.10. The van der Waals surface area contributed by atoms with Gasteiger partial charge in [-0.05, 0) is 43.0 Å². The molecule has 4 nitrogen and oxygen atoms in total. The van der Waals surface area contributed by atoms with E-state index in [0.29, 0.717) is 12.6 Å². The third kappa shape index (κ3) is 3.39. The Bertz CT molecular complexity index is 463. The topological polar surface area (TPSA) is 41.9 Å². The maximum absolute atomic E-state index is 10.7. The van der Waals surface area contributed by atoms with Gasteiger partial charge in [-0.3, -0.25) is 4.90 Å². The maximum Gasteiger partial charge on any atom is 0.119 e. The number of rotatable bonds is 7. The fourth-order valence-corrected chi connectivity index (χ4v) is 3.15. The molecule has 1 aromatic rings. The molecule has 0 amide bonds. The lowest BCUT2D eigenvalue weighted by Crippen LogP contribution is -2.45. The van der Waals surface area contributed by atoms with E-state index in [0.717, 1.165) is 30.7 Å². The average Bonchev–Trinajstić information content (AvgIpc) is 2.84. The molecule has 118 valence electrons. The fraction of sp³-hybridized carbons (Fsp3) is 0.647. The predicted octanol–water partition coefficient (Wildman–Crippen LogP) is 2.40. The molecular weight excluding hydrogens is 266 g/mol. The quantitative estimate of drug-likeness (QED) is 0.838. The third-order valence-electron chi connectivity index (χ3n) is 4.60. The van der Waals surface area contributed by atoms with E-state index in [-0.39, 0.29) is 6.04 Å². The molecule has 1 aromatic carbocycles. The summed E-state index contributed by atoms with van der Waals surface area (Å²) in [6, 6.07) is 6.55. The van der Waals surface area contributed by atoms with Crippen LogP contribution in [0.25, 0.3) is 0 Å². The van der Waals surface area contributed by atoms with E-state index in [1.165, 1.54) is 5.56 Å². The molecule has 0 aromatic heterocycles. The molecule has 0 aliphatic heterocycles. The molecule has 0 bridgehead atoms. The first-order valence-corrected chi connectivity index (χ1v) is 7.71. The molecule has 1 N–H and O–H groups in total. The van der Waals surface area contributed by atoms with Gasteiger partial charge >= 0.3 is 0 Å². The lowest BCUT2D eigenvalue weighted by molar-refractivity contribution is 0.0207. The number of aliphatic hydroxyl groups excluding tert-OH is 1. The number of fused-ring (bicyclic) bond motifs is 1. The number of methoxy groups -OCH3 is 2. The van der Waals surface area contributed by atoms with E-state index in [2.05, 4.69) is 24.8 Å². The Morgan fingerprint density at radius 3 is 2.76 bits per heavy atom. The summed E-state index contributed by atoms with van der Waals surface area (Å²) in [5.74, 6) is 0.806. The van der Waals surface area contributed by atoms with Crippen molar-refractivity contribution in [3.8, 4) is 5.75 Å². The molecule has 3 atom stereocenters. The summed E-state index contributed by atoms with van der Waals surface area (Å²) in [4.78, 5) is 2.38. The van der Waals surface area contributed by atoms with E-state index in [4.69, 9.17) is 9.47 Å². The Morgan fingerprint density at radius 2 is 2.14 bits per heavy atom. The molecule has 0 fully saturated rings. The van der Waals surface area contributed by atoms with Gasteiger partial charge in [-0.1, -0.05) is 13.0 Å². The average molecular weight is 293 g/mol. The van der Waals surface area contributed by atoms with Crippen molar-refractivity contribution in [2.75, 3.05) is 27.4 Å². The monoisotopic (exact) mass is 293 g/mol. The van der Waals surface area contributed by atoms with Gasteiger partial charge in [0.2, 0.25) is 0 Å². The predicted molar refractivity (Wildman–Crippen MR) is 83.8 cm³/mol. The first-order chi connectivity index (χ1) is 10.1. The highest BCUT2D eigenvalue weighted by Crippen LogP contribution is 2.37. The van der Waals surface area contributed by atoms with Crippen LogP contribution in [0.5, 0.6) is 5.75 Å². The molecule has 0 radical (unpaired) electrons. The molecule has 21 heavy (non-hydrogen) atoms. The van der Waals surface area contributed by atoms with E-state index in [1.807, 2.05) is 12.1 Å². The summed E-state index contributed by atoms with van der Waals surface area (Å²) >= 11 is 0. The molecule has 0 spiro atoms. The van der Waals surface area contributed by atoms with E-state index < -0.39 is 6.10 Å². The second-order valence-electron chi connectivity index (χ2n) is 5.77. The first-order valence-electron chi connectivity index (χ1n) is 7.71. The van der Waals surface area contributed by atoms with Crippen molar-refractivity contribution < 1.29 is 14.6 Å². The van der Waals surface area contributed by atoms with Crippen molar-refractivity contribution >= 4 is 0 Å². The maximum atomic E-state index is 10.7. The second kappa shape index (κ2) is 7.25. The van der Waals surface area contributed by atoms with Gasteiger partial charge < -0.3 is 14.6 Å². The van der Waals surface area contributed by atoms with Gasteiger partial charge in [0, 0.05) is 25.7 Å². The molecule has 1 aliphatic carbocycles. The minimum Gasteiger partial charge on any atom is -0.497 e. The van der Waals surface area contributed by atoms with E-state index >= 15 is 0 Å². The van der Waals surface area contributed by atoms with E-state index in [1.54, 1.807) is 14.2 Å². The normalized spacial score (nSPS) is 22.4. The van der Waals surface area contributed by atoms with Crippen LogP contribution < -0.4 is 4.74 Å². The zero-order chi connectivity index (χ0) is 15.4. The van der Waals surface area contributed by atoms with Crippen molar-refractivity contribution in [2.24, 2.45) is 0 Å². The van der Waals surface area contributed by atoms with Crippen molar-refractivity contribution in [1.82, 2.24) is 4.90 Å². The number of hydrogen-bond donors (Lipinski definition) is 1. The van der Waals surface area contributed by atoms with Crippen molar-refractivity contribution in [1.29, 1.82) is 0 Å². The standard InChI is InChI=1S/C17H27NO3/c1-5-12(2)18(8-9-20-3)16-10-13-6-7-14(21-4)11-15(13)17(16)19/h6-7,11-12,16-17,19H,5,8-10H2,1-4H3. The molecular formula is C17H27NO3. The van der Waals surface area contributed by atoms with Crippen LogP contribution in [0.1, 0.15) is 37.5 Å². The van der Waals surface area contributed by atoms with Gasteiger partial charge in [0.05, 0.1) is 19.8 Å². The van der Waals surface area contributed by atoms with Crippen LogP contribution in [0, 0.1) is 0 Å². The van der Waals surface area contributed by atoms with Crippen molar-refractivity contribution in [2.45, 2.75) is 44.9 Å². The van der Waals surface area contributed by atoms with Crippen LogP contribution in [-0.2, 0) is 11.2 Å². The molecule has 0 saturated carbocycles. The van der Waals surface area contributed by atoms with Crippen LogP contribution in [-0.4, -0.2) is 49.5 Å². The number of ether oxygens (including phenoxy) is 2. The summed E-state index contributed by atoms with van der Waals surface area (Å²) in [6.07, 6.45) is 1.49. The van der Waals surface area contributed by atoms with Gasteiger partial charge in [-0.15, -0.1) is 0 Å². The summed E-state index contributed by atoms with van der Waals surface area (Å²) in [6.45, 7) is 5.93. The lowest BCUT2D eigenvalue weighted by Gasteiger charge is -2.35. The molecule has 4 heteroatoms. The smallest absolute Gasteiger partial charge is 0.119 e. The lowest BCUT2D eigenvalue weighted by atomic mass is 10.1. The van der Waals surface area contributed by atoms with Crippen LogP contribution in [0.15, 0.2) is 18.2 Å². The van der Waals surface area contributed by atoms with E-state index in [9.17, 15) is 5.11 Å². The zero-order valence-corrected chi connectivity index (χ0v) is 13.5. The number of nitrogens with zero attached hydrogens (tertiary/aromatic N) is 1. The third-order valence-corrected chi connectivity index (χ3v) is 4.60. The molecule has 1 aliphatic rings. The van der Waals surface area contributed by atoms with Crippen LogP contribution in [0.4, 0.5) is 0 Å². The summed E-state index contributed by atoms with van der Waals surface area (Å²) in [7, 11) is 3.38. The van der Waals surface area contributed by atoms with Gasteiger partial charge in [0.1, 0.15) is 5.75 Å². The van der Waals surface area contributed by atoms with Gasteiger partial charge in [0.25, 0.3) is 0 Å². The highest BCUT2D eigenvalue weighted by Gasteiger charge is 2.36. The fourth-order valence-electron chi connectivity index (χ4n) is 3.15. The molecule has 0 heterocycles. The summed E-state index contributed by atoms with van der Waals surface area (Å²) in [5, 5.41) is 10.7. The molecule has 0 saturated heterocycles. The first kappa shape index (κ1) is 16.3. The second-order valence-corrected chi connectivity index (χ2v) is 5.77. The summed E-state index contributed by atoms with van der Waals surface area (Å²) in [5.41, 5.74) is 2.23. The Balaban J connectivity index is 2.20. The van der Waals surface area contributed by atoms with Gasteiger partial charge in [0.15, 0.2) is 0 Å². The molecule has 3 unspecified atom stereocenters. The largest absolute Gasteiger partial charge is 0.497 e. The van der Waals surface area contributed by atoms with Crippen molar-refractivity contribution in [3.63, 3.8) is 0 Å². The minimum atomic E-state index is -0.457. The minimum absolute atomic E-state index is 0.122. The Labute approximate surface area is 127 Å². The Morgan fingerprint density at radius 1 is 1.38 bits per heavy atom. The zero-order valence-electron chi connectivity index (χ0n) is 13.5. The van der Waals surface area contributed by atoms with Crippen molar-refractivity contribution in [3.05, 3.63) is 29.3 Å². The Kier molecular flexibility index (Phi) is 5.62. The SMILES string of the molecule is CCC(C)N(CCOC)C1Cc2ccc(OC)cc2C1O. The van der Waals surface area contributed by atoms with Gasteiger partial charge in [-0.2, -0.15) is 0 Å². The number of benzene rings is 1. The van der Waals surface area contributed by atoms with Crippen LogP contribution >= 0.6 is 0 Å². The highest BCUT2D eigenvalue weighted by molar-refractivity contribution is 5.41. The van der Waals surface area contributed by atoms with Crippen LogP contribution in [0.2, 0.25) is 0 Å². The number of aliphatic hydroxyl groups is 1.